The Morgan fingerprint density at radius 2 is 1.89 bits per heavy atom. The summed E-state index contributed by atoms with van der Waals surface area (Å²) in [6.07, 6.45) is -3.18. The van der Waals surface area contributed by atoms with E-state index in [4.69, 9.17) is 5.11 Å². The Labute approximate surface area is 108 Å². The fourth-order valence-electron chi connectivity index (χ4n) is 1.71. The lowest BCUT2D eigenvalue weighted by Gasteiger charge is -2.29. The molecule has 1 saturated carbocycles. The third-order valence-corrected chi connectivity index (χ3v) is 2.87. The molecular weight excluding hydrogens is 265 g/mol. The van der Waals surface area contributed by atoms with E-state index in [1.54, 1.807) is 0 Å². The first-order chi connectivity index (χ1) is 8.61. The maximum absolute atomic E-state index is 12.4. The molecule has 0 aromatic rings. The van der Waals surface area contributed by atoms with Crippen molar-refractivity contribution in [3.8, 4) is 0 Å². The molecule has 0 aromatic carbocycles. The number of halogens is 3. The van der Waals surface area contributed by atoms with Gasteiger partial charge >= 0.3 is 18.2 Å². The molecule has 0 heterocycles. The van der Waals surface area contributed by atoms with E-state index in [0.29, 0.717) is 17.7 Å². The second-order valence-electron chi connectivity index (χ2n) is 4.94. The summed E-state index contributed by atoms with van der Waals surface area (Å²) in [4.78, 5) is 23.3. The summed E-state index contributed by atoms with van der Waals surface area (Å²) in [6, 6.07) is -2.77. The second kappa shape index (κ2) is 5.66. The van der Waals surface area contributed by atoms with Crippen LogP contribution in [0, 0.1) is 5.92 Å². The van der Waals surface area contributed by atoms with Gasteiger partial charge in [0, 0.05) is 6.04 Å². The molecule has 0 spiro atoms. The van der Waals surface area contributed by atoms with Crippen LogP contribution in [0.25, 0.3) is 0 Å². The number of rotatable bonds is 5. The Morgan fingerprint density at radius 1 is 1.37 bits per heavy atom. The molecule has 1 rings (SSSR count). The number of hydrogen-bond acceptors (Lipinski definition) is 2. The van der Waals surface area contributed by atoms with Gasteiger partial charge in [0.15, 0.2) is 0 Å². The standard InChI is InChI=1S/C11H17F3N2O3/c1-6(2)16(5-11(12,13)14)10(19)15-8(9(17)18)7-3-4-7/h6-8H,3-5H2,1-2H3,(H,15,19)(H,17,18). The van der Waals surface area contributed by atoms with Crippen LogP contribution in [0.1, 0.15) is 26.7 Å². The normalized spacial score (nSPS) is 17.2. The van der Waals surface area contributed by atoms with Gasteiger partial charge < -0.3 is 15.3 Å². The number of urea groups is 1. The highest BCUT2D eigenvalue weighted by Crippen LogP contribution is 2.33. The number of amides is 2. The van der Waals surface area contributed by atoms with E-state index < -0.39 is 36.8 Å². The van der Waals surface area contributed by atoms with Gasteiger partial charge in [-0.15, -0.1) is 0 Å². The average Bonchev–Trinajstić information content (AvgIpc) is 3.03. The van der Waals surface area contributed by atoms with Crippen molar-refractivity contribution in [2.45, 2.75) is 44.9 Å². The van der Waals surface area contributed by atoms with Gasteiger partial charge in [0.05, 0.1) is 0 Å². The Hall–Kier alpha value is -1.47. The lowest BCUT2D eigenvalue weighted by molar-refractivity contribution is -0.143. The number of hydrogen-bond donors (Lipinski definition) is 2. The summed E-state index contributed by atoms with van der Waals surface area (Å²) in [6.45, 7) is 1.49. The Morgan fingerprint density at radius 3 is 2.21 bits per heavy atom. The Bertz CT molecular complexity index is 354. The molecule has 19 heavy (non-hydrogen) atoms. The molecule has 5 nitrogen and oxygen atoms in total. The molecule has 0 radical (unpaired) electrons. The van der Waals surface area contributed by atoms with E-state index >= 15 is 0 Å². The monoisotopic (exact) mass is 282 g/mol. The number of carboxylic acid groups (broad SMARTS) is 1. The zero-order valence-corrected chi connectivity index (χ0v) is 10.7. The molecule has 110 valence electrons. The van der Waals surface area contributed by atoms with Crippen LogP contribution in [-0.2, 0) is 4.79 Å². The van der Waals surface area contributed by atoms with Crippen LogP contribution in [0.15, 0.2) is 0 Å². The largest absolute Gasteiger partial charge is 0.480 e. The first-order valence-corrected chi connectivity index (χ1v) is 5.98. The summed E-state index contributed by atoms with van der Waals surface area (Å²) in [5.41, 5.74) is 0. The van der Waals surface area contributed by atoms with Crippen LogP contribution in [-0.4, -0.2) is 46.8 Å². The van der Waals surface area contributed by atoms with Gasteiger partial charge in [-0.1, -0.05) is 0 Å². The van der Waals surface area contributed by atoms with Crippen molar-refractivity contribution in [2.24, 2.45) is 5.92 Å². The highest BCUT2D eigenvalue weighted by atomic mass is 19.4. The highest BCUT2D eigenvalue weighted by Gasteiger charge is 2.40. The first-order valence-electron chi connectivity index (χ1n) is 5.98. The number of nitrogens with zero attached hydrogens (tertiary/aromatic N) is 1. The van der Waals surface area contributed by atoms with Crippen LogP contribution in [0.3, 0.4) is 0 Å². The molecule has 0 bridgehead atoms. The smallest absolute Gasteiger partial charge is 0.406 e. The number of carboxylic acids is 1. The van der Waals surface area contributed by atoms with Gasteiger partial charge in [-0.3, -0.25) is 0 Å². The quantitative estimate of drug-likeness (QED) is 0.808. The van der Waals surface area contributed by atoms with Crippen LogP contribution < -0.4 is 5.32 Å². The minimum Gasteiger partial charge on any atom is -0.480 e. The summed E-state index contributed by atoms with van der Waals surface area (Å²) in [5, 5.41) is 11.1. The fourth-order valence-corrected chi connectivity index (χ4v) is 1.71. The molecule has 8 heteroatoms. The molecule has 1 aliphatic carbocycles. The van der Waals surface area contributed by atoms with Gasteiger partial charge in [-0.05, 0) is 32.6 Å². The number of alkyl halides is 3. The lowest BCUT2D eigenvalue weighted by Crippen LogP contribution is -2.53. The predicted octanol–water partition coefficient (Wildman–Crippen LogP) is 1.83. The zero-order chi connectivity index (χ0) is 14.8. The molecule has 0 aliphatic heterocycles. The molecule has 1 atom stereocenters. The van der Waals surface area contributed by atoms with Crippen molar-refractivity contribution in [1.82, 2.24) is 10.2 Å². The Kier molecular flexibility index (Phi) is 4.65. The minimum absolute atomic E-state index is 0.179. The molecule has 0 aromatic heterocycles. The van der Waals surface area contributed by atoms with E-state index in [1.807, 2.05) is 0 Å². The topological polar surface area (TPSA) is 69.6 Å². The molecule has 1 unspecified atom stereocenters. The minimum atomic E-state index is -4.51. The Balaban J connectivity index is 2.68. The van der Waals surface area contributed by atoms with E-state index in [-0.39, 0.29) is 5.92 Å². The van der Waals surface area contributed by atoms with Gasteiger partial charge in [0.25, 0.3) is 0 Å². The highest BCUT2D eigenvalue weighted by molar-refractivity contribution is 5.83. The zero-order valence-electron chi connectivity index (χ0n) is 10.7. The maximum Gasteiger partial charge on any atom is 0.406 e. The van der Waals surface area contributed by atoms with Crippen LogP contribution in [0.2, 0.25) is 0 Å². The van der Waals surface area contributed by atoms with E-state index in [1.165, 1.54) is 13.8 Å². The van der Waals surface area contributed by atoms with Crippen LogP contribution in [0.4, 0.5) is 18.0 Å². The number of carbonyl (C=O) groups excluding carboxylic acids is 1. The lowest BCUT2D eigenvalue weighted by atomic mass is 10.2. The number of carbonyl (C=O) groups is 2. The van der Waals surface area contributed by atoms with E-state index in [2.05, 4.69) is 5.32 Å². The summed E-state index contributed by atoms with van der Waals surface area (Å²) < 4.78 is 37.1. The first kappa shape index (κ1) is 15.6. The van der Waals surface area contributed by atoms with Crippen molar-refractivity contribution in [1.29, 1.82) is 0 Å². The average molecular weight is 282 g/mol. The van der Waals surface area contributed by atoms with Crippen molar-refractivity contribution in [3.05, 3.63) is 0 Å². The van der Waals surface area contributed by atoms with Crippen LogP contribution in [0.5, 0.6) is 0 Å². The van der Waals surface area contributed by atoms with E-state index in [0.717, 1.165) is 0 Å². The fraction of sp³-hybridized carbons (Fsp3) is 0.818. The maximum atomic E-state index is 12.4. The van der Waals surface area contributed by atoms with Crippen molar-refractivity contribution in [3.63, 3.8) is 0 Å². The third-order valence-electron chi connectivity index (χ3n) is 2.87. The molecule has 2 N–H and O–H groups in total. The molecule has 1 fully saturated rings. The van der Waals surface area contributed by atoms with Gasteiger partial charge in [0.2, 0.25) is 0 Å². The van der Waals surface area contributed by atoms with Gasteiger partial charge in [-0.2, -0.15) is 13.2 Å². The SMILES string of the molecule is CC(C)N(CC(F)(F)F)C(=O)NC(C(=O)O)C1CC1. The number of aliphatic carboxylic acids is 1. The molecule has 1 aliphatic rings. The molecular formula is C11H17F3N2O3. The number of nitrogens with one attached hydrogen (secondary N) is 1. The van der Waals surface area contributed by atoms with Crippen molar-refractivity contribution >= 4 is 12.0 Å². The van der Waals surface area contributed by atoms with Crippen molar-refractivity contribution < 1.29 is 27.9 Å². The second-order valence-corrected chi connectivity index (χ2v) is 4.94. The molecule has 2 amide bonds. The van der Waals surface area contributed by atoms with Gasteiger partial charge in [0.1, 0.15) is 12.6 Å². The molecule has 0 saturated heterocycles. The summed E-state index contributed by atoms with van der Waals surface area (Å²) in [5.74, 6) is -1.40. The predicted molar refractivity (Wildman–Crippen MR) is 60.6 cm³/mol. The van der Waals surface area contributed by atoms with Gasteiger partial charge in [-0.25, -0.2) is 9.59 Å². The van der Waals surface area contributed by atoms with Crippen LogP contribution >= 0.6 is 0 Å². The summed E-state index contributed by atoms with van der Waals surface area (Å²) in [7, 11) is 0. The third kappa shape index (κ3) is 4.96. The van der Waals surface area contributed by atoms with Crippen molar-refractivity contribution in [2.75, 3.05) is 6.54 Å². The van der Waals surface area contributed by atoms with E-state index in [9.17, 15) is 22.8 Å². The summed E-state index contributed by atoms with van der Waals surface area (Å²) >= 11 is 0.